The van der Waals surface area contributed by atoms with Crippen LogP contribution in [0.2, 0.25) is 5.02 Å². The maximum atomic E-state index is 12.3. The zero-order valence-electron chi connectivity index (χ0n) is 16.4. The lowest BCUT2D eigenvalue weighted by atomic mass is 10.1. The van der Waals surface area contributed by atoms with E-state index in [1.165, 1.54) is 4.90 Å². The van der Waals surface area contributed by atoms with Crippen molar-refractivity contribution in [2.24, 2.45) is 5.92 Å². The van der Waals surface area contributed by atoms with Crippen molar-refractivity contribution >= 4 is 35.1 Å². The number of anilines is 1. The molecule has 0 bridgehead atoms. The van der Waals surface area contributed by atoms with E-state index in [9.17, 15) is 14.4 Å². The maximum absolute atomic E-state index is 12.3. The summed E-state index contributed by atoms with van der Waals surface area (Å²) >= 11 is 6.14. The lowest BCUT2D eigenvalue weighted by molar-refractivity contribution is -0.152. The lowest BCUT2D eigenvalue weighted by Crippen LogP contribution is -2.32. The van der Waals surface area contributed by atoms with Gasteiger partial charge in [-0.15, -0.1) is 0 Å². The Labute approximate surface area is 174 Å². The fourth-order valence-electron chi connectivity index (χ4n) is 3.23. The quantitative estimate of drug-likeness (QED) is 0.735. The number of amides is 2. The smallest absolute Gasteiger partial charge is 0.311 e. The summed E-state index contributed by atoms with van der Waals surface area (Å²) in [7, 11) is 0. The molecular weight excluding hydrogens is 392 g/mol. The van der Waals surface area contributed by atoms with Gasteiger partial charge in [-0.05, 0) is 37.1 Å². The molecule has 2 aromatic rings. The highest BCUT2D eigenvalue weighted by molar-refractivity contribution is 6.31. The van der Waals surface area contributed by atoms with Crippen LogP contribution in [-0.4, -0.2) is 30.9 Å². The average molecular weight is 415 g/mol. The highest BCUT2D eigenvalue weighted by Crippen LogP contribution is 2.29. The zero-order valence-corrected chi connectivity index (χ0v) is 17.1. The molecule has 6 nitrogen and oxygen atoms in total. The summed E-state index contributed by atoms with van der Waals surface area (Å²) in [5.74, 6) is -1.72. The third-order valence-electron chi connectivity index (χ3n) is 4.95. The number of halogens is 1. The van der Waals surface area contributed by atoms with Gasteiger partial charge in [0.1, 0.15) is 0 Å². The molecule has 0 aliphatic carbocycles. The molecule has 1 aliphatic heterocycles. The molecule has 1 aliphatic rings. The Morgan fingerprint density at radius 1 is 1.24 bits per heavy atom. The molecule has 7 heteroatoms. The van der Waals surface area contributed by atoms with Crippen molar-refractivity contribution in [3.63, 3.8) is 0 Å². The standard InChI is InChI=1S/C22H23ClN2O4/c1-14-8-9-18(11-19(14)23)25-12-17(10-21(25)27)22(28)29-13-20(26)24-15(2)16-6-4-3-5-7-16/h3-9,11,15,17H,10,12-13H2,1-2H3,(H,24,26)/t15-,17+/m1/s1. The number of carbonyl (C=O) groups excluding carboxylic acids is 3. The topological polar surface area (TPSA) is 75.7 Å². The number of nitrogens with one attached hydrogen (secondary N) is 1. The summed E-state index contributed by atoms with van der Waals surface area (Å²) in [6.07, 6.45) is 0.0480. The second-order valence-electron chi connectivity index (χ2n) is 7.15. The van der Waals surface area contributed by atoms with E-state index < -0.39 is 11.9 Å². The number of aryl methyl sites for hydroxylation is 1. The molecule has 2 amide bonds. The van der Waals surface area contributed by atoms with Crippen LogP contribution in [-0.2, 0) is 19.1 Å². The number of nitrogens with zero attached hydrogens (tertiary/aromatic N) is 1. The number of esters is 1. The third kappa shape index (κ3) is 5.15. The van der Waals surface area contributed by atoms with Crippen LogP contribution in [0.3, 0.4) is 0 Å². The van der Waals surface area contributed by atoms with Gasteiger partial charge in [-0.2, -0.15) is 0 Å². The lowest BCUT2D eigenvalue weighted by Gasteiger charge is -2.17. The maximum Gasteiger partial charge on any atom is 0.311 e. The molecule has 0 radical (unpaired) electrons. The molecular formula is C22H23ClN2O4. The van der Waals surface area contributed by atoms with E-state index >= 15 is 0 Å². The van der Waals surface area contributed by atoms with Gasteiger partial charge in [0.25, 0.3) is 5.91 Å². The van der Waals surface area contributed by atoms with E-state index in [1.54, 1.807) is 12.1 Å². The molecule has 29 heavy (non-hydrogen) atoms. The summed E-state index contributed by atoms with van der Waals surface area (Å²) < 4.78 is 5.14. The van der Waals surface area contributed by atoms with E-state index in [-0.39, 0.29) is 37.4 Å². The summed E-state index contributed by atoms with van der Waals surface area (Å²) in [6.45, 7) is 3.56. The van der Waals surface area contributed by atoms with Gasteiger partial charge in [0.2, 0.25) is 5.91 Å². The molecule has 0 saturated carbocycles. The first-order valence-corrected chi connectivity index (χ1v) is 9.80. The Morgan fingerprint density at radius 2 is 1.97 bits per heavy atom. The Morgan fingerprint density at radius 3 is 2.66 bits per heavy atom. The predicted octanol–water partition coefficient (Wildman–Crippen LogP) is 3.42. The first-order chi connectivity index (χ1) is 13.8. The monoisotopic (exact) mass is 414 g/mol. The van der Waals surface area contributed by atoms with Crippen molar-refractivity contribution in [2.45, 2.75) is 26.3 Å². The number of carbonyl (C=O) groups is 3. The number of hydrogen-bond donors (Lipinski definition) is 1. The van der Waals surface area contributed by atoms with Crippen molar-refractivity contribution in [3.05, 3.63) is 64.7 Å². The molecule has 1 N–H and O–H groups in total. The van der Waals surface area contributed by atoms with Crippen LogP contribution in [0.25, 0.3) is 0 Å². The summed E-state index contributed by atoms with van der Waals surface area (Å²) in [5.41, 5.74) is 2.52. The first-order valence-electron chi connectivity index (χ1n) is 9.42. The van der Waals surface area contributed by atoms with Crippen LogP contribution in [0.15, 0.2) is 48.5 Å². The summed E-state index contributed by atoms with van der Waals surface area (Å²) in [5, 5.41) is 3.35. The van der Waals surface area contributed by atoms with Gasteiger partial charge < -0.3 is 15.0 Å². The van der Waals surface area contributed by atoms with Crippen molar-refractivity contribution in [1.82, 2.24) is 5.32 Å². The third-order valence-corrected chi connectivity index (χ3v) is 5.36. The molecule has 1 heterocycles. The predicted molar refractivity (Wildman–Crippen MR) is 111 cm³/mol. The molecule has 0 unspecified atom stereocenters. The van der Waals surface area contributed by atoms with Crippen LogP contribution >= 0.6 is 11.6 Å². The van der Waals surface area contributed by atoms with Crippen LogP contribution in [0.5, 0.6) is 0 Å². The van der Waals surface area contributed by atoms with Crippen LogP contribution < -0.4 is 10.2 Å². The summed E-state index contributed by atoms with van der Waals surface area (Å²) in [4.78, 5) is 38.3. The van der Waals surface area contributed by atoms with Crippen LogP contribution in [0, 0.1) is 12.8 Å². The van der Waals surface area contributed by atoms with Crippen molar-refractivity contribution in [2.75, 3.05) is 18.1 Å². The molecule has 3 rings (SSSR count). The summed E-state index contributed by atoms with van der Waals surface area (Å²) in [6, 6.07) is 14.6. The molecule has 152 valence electrons. The fourth-order valence-corrected chi connectivity index (χ4v) is 3.40. The zero-order chi connectivity index (χ0) is 21.0. The van der Waals surface area contributed by atoms with Crippen molar-refractivity contribution in [3.8, 4) is 0 Å². The minimum Gasteiger partial charge on any atom is -0.455 e. The van der Waals surface area contributed by atoms with E-state index in [0.29, 0.717) is 10.7 Å². The van der Waals surface area contributed by atoms with Gasteiger partial charge >= 0.3 is 5.97 Å². The average Bonchev–Trinajstić information content (AvgIpc) is 3.10. The van der Waals surface area contributed by atoms with E-state index in [1.807, 2.05) is 50.2 Å². The minimum absolute atomic E-state index is 0.0480. The van der Waals surface area contributed by atoms with Gasteiger partial charge in [-0.25, -0.2) is 0 Å². The minimum atomic E-state index is -0.609. The van der Waals surface area contributed by atoms with Crippen LogP contribution in [0.1, 0.15) is 30.5 Å². The highest BCUT2D eigenvalue weighted by atomic mass is 35.5. The van der Waals surface area contributed by atoms with Crippen LogP contribution in [0.4, 0.5) is 5.69 Å². The SMILES string of the molecule is Cc1ccc(N2C[C@@H](C(=O)OCC(=O)N[C@H](C)c3ccccc3)CC2=O)cc1Cl. The number of benzene rings is 2. The van der Waals surface area contributed by atoms with Crippen molar-refractivity contribution in [1.29, 1.82) is 0 Å². The molecule has 0 spiro atoms. The molecule has 0 aromatic heterocycles. The van der Waals surface area contributed by atoms with Gasteiger partial charge in [-0.3, -0.25) is 14.4 Å². The number of hydrogen-bond acceptors (Lipinski definition) is 4. The molecule has 2 aromatic carbocycles. The second-order valence-corrected chi connectivity index (χ2v) is 7.55. The molecule has 1 saturated heterocycles. The van der Waals surface area contributed by atoms with E-state index in [0.717, 1.165) is 11.1 Å². The largest absolute Gasteiger partial charge is 0.455 e. The Balaban J connectivity index is 1.51. The first kappa shape index (κ1) is 20.9. The number of ether oxygens (including phenoxy) is 1. The molecule has 1 fully saturated rings. The normalized spacial score (nSPS) is 17.1. The van der Waals surface area contributed by atoms with E-state index in [4.69, 9.17) is 16.3 Å². The van der Waals surface area contributed by atoms with Gasteiger partial charge in [0, 0.05) is 23.7 Å². The van der Waals surface area contributed by atoms with Gasteiger partial charge in [0.15, 0.2) is 6.61 Å². The fraction of sp³-hybridized carbons (Fsp3) is 0.318. The van der Waals surface area contributed by atoms with Crippen molar-refractivity contribution < 1.29 is 19.1 Å². The Kier molecular flexibility index (Phi) is 6.54. The van der Waals surface area contributed by atoms with Gasteiger partial charge in [0.05, 0.1) is 12.0 Å². The second kappa shape index (κ2) is 9.09. The highest BCUT2D eigenvalue weighted by Gasteiger charge is 2.36. The van der Waals surface area contributed by atoms with Gasteiger partial charge in [-0.1, -0.05) is 48.0 Å². The van der Waals surface area contributed by atoms with E-state index in [2.05, 4.69) is 5.32 Å². The molecule has 2 atom stereocenters. The Hall–Kier alpha value is -2.86. The number of rotatable bonds is 6. The Bertz CT molecular complexity index is 916.